The SMILES string of the molecule is Cc1c(NCC2CCCO2)cc(N)cc1S(N)(=O)=O. The number of rotatable bonds is 4. The first-order valence-electron chi connectivity index (χ1n) is 6.16. The maximum atomic E-state index is 11.5. The molecule has 0 amide bonds. The van der Waals surface area contributed by atoms with Crippen molar-refractivity contribution in [2.45, 2.75) is 30.8 Å². The molecule has 0 spiro atoms. The normalized spacial score (nSPS) is 19.6. The zero-order valence-corrected chi connectivity index (χ0v) is 11.7. The molecule has 0 radical (unpaired) electrons. The first-order chi connectivity index (χ1) is 8.88. The van der Waals surface area contributed by atoms with Gasteiger partial charge in [-0.25, -0.2) is 13.6 Å². The largest absolute Gasteiger partial charge is 0.399 e. The molecule has 1 aromatic carbocycles. The number of sulfonamides is 1. The summed E-state index contributed by atoms with van der Waals surface area (Å²) in [5.41, 5.74) is 7.34. The molecule has 7 heteroatoms. The van der Waals surface area contributed by atoms with Crippen LogP contribution in [-0.2, 0) is 14.8 Å². The summed E-state index contributed by atoms with van der Waals surface area (Å²) in [5.74, 6) is 0. The van der Waals surface area contributed by atoms with Crippen molar-refractivity contribution in [2.24, 2.45) is 5.14 Å². The Morgan fingerprint density at radius 2 is 2.21 bits per heavy atom. The number of nitrogen functional groups attached to an aromatic ring is 1. The van der Waals surface area contributed by atoms with Gasteiger partial charge in [0.1, 0.15) is 0 Å². The molecule has 6 nitrogen and oxygen atoms in total. The Kier molecular flexibility index (Phi) is 3.98. The molecule has 0 bridgehead atoms. The number of anilines is 2. The fourth-order valence-corrected chi connectivity index (χ4v) is 3.05. The third-order valence-corrected chi connectivity index (χ3v) is 4.27. The molecule has 0 aliphatic carbocycles. The summed E-state index contributed by atoms with van der Waals surface area (Å²) in [6, 6.07) is 3.08. The minimum Gasteiger partial charge on any atom is -0.399 e. The van der Waals surface area contributed by atoms with Crippen LogP contribution in [0.25, 0.3) is 0 Å². The lowest BCUT2D eigenvalue weighted by Crippen LogP contribution is -2.20. The van der Waals surface area contributed by atoms with Crippen LogP contribution < -0.4 is 16.2 Å². The van der Waals surface area contributed by atoms with Gasteiger partial charge in [-0.3, -0.25) is 0 Å². The van der Waals surface area contributed by atoms with E-state index >= 15 is 0 Å². The second-order valence-electron chi connectivity index (χ2n) is 4.75. The molecular formula is C12H19N3O3S. The number of hydrogen-bond donors (Lipinski definition) is 3. The third-order valence-electron chi connectivity index (χ3n) is 3.23. The summed E-state index contributed by atoms with van der Waals surface area (Å²) >= 11 is 0. The Balaban J connectivity index is 2.22. The smallest absolute Gasteiger partial charge is 0.238 e. The quantitative estimate of drug-likeness (QED) is 0.710. The van der Waals surface area contributed by atoms with Crippen LogP contribution in [0.3, 0.4) is 0 Å². The van der Waals surface area contributed by atoms with Gasteiger partial charge in [0.2, 0.25) is 10.0 Å². The number of hydrogen-bond acceptors (Lipinski definition) is 5. The van der Waals surface area contributed by atoms with Crippen LogP contribution >= 0.6 is 0 Å². The summed E-state index contributed by atoms with van der Waals surface area (Å²) in [5, 5.41) is 8.36. The lowest BCUT2D eigenvalue weighted by Gasteiger charge is -2.16. The lowest BCUT2D eigenvalue weighted by molar-refractivity contribution is 0.120. The maximum absolute atomic E-state index is 11.5. The molecule has 1 aromatic rings. The molecule has 5 N–H and O–H groups in total. The van der Waals surface area contributed by atoms with Crippen molar-refractivity contribution in [3.8, 4) is 0 Å². The highest BCUT2D eigenvalue weighted by molar-refractivity contribution is 7.89. The summed E-state index contributed by atoms with van der Waals surface area (Å²) in [4.78, 5) is 0.0577. The standard InChI is InChI=1S/C12H19N3O3S/c1-8-11(15-7-10-3-2-4-18-10)5-9(13)6-12(8)19(14,16)17/h5-6,10,15H,2-4,7,13H2,1H3,(H2,14,16,17). The van der Waals surface area contributed by atoms with E-state index in [0.717, 1.165) is 19.4 Å². The fraction of sp³-hybridized carbons (Fsp3) is 0.500. The Bertz CT molecular complexity index is 566. The van der Waals surface area contributed by atoms with Gasteiger partial charge in [-0.1, -0.05) is 0 Å². The van der Waals surface area contributed by atoms with Crippen molar-refractivity contribution in [1.82, 2.24) is 0 Å². The zero-order chi connectivity index (χ0) is 14.0. The Labute approximate surface area is 113 Å². The van der Waals surface area contributed by atoms with Crippen molar-refractivity contribution in [2.75, 3.05) is 24.2 Å². The van der Waals surface area contributed by atoms with Crippen LogP contribution in [0.5, 0.6) is 0 Å². The average molecular weight is 285 g/mol. The van der Waals surface area contributed by atoms with Gasteiger partial charge in [-0.15, -0.1) is 0 Å². The van der Waals surface area contributed by atoms with Gasteiger partial charge in [0.25, 0.3) is 0 Å². The molecule has 19 heavy (non-hydrogen) atoms. The second-order valence-corrected chi connectivity index (χ2v) is 6.28. The minimum absolute atomic E-state index is 0.0577. The van der Waals surface area contributed by atoms with Crippen LogP contribution in [0, 0.1) is 6.92 Å². The average Bonchev–Trinajstić information content (AvgIpc) is 2.81. The number of nitrogens with one attached hydrogen (secondary N) is 1. The van der Waals surface area contributed by atoms with Crippen molar-refractivity contribution < 1.29 is 13.2 Å². The molecule has 0 aromatic heterocycles. The monoisotopic (exact) mass is 285 g/mol. The van der Waals surface area contributed by atoms with E-state index in [9.17, 15) is 8.42 Å². The van der Waals surface area contributed by atoms with Gasteiger partial charge in [0.05, 0.1) is 11.0 Å². The molecule has 1 heterocycles. The number of primary sulfonamides is 1. The van der Waals surface area contributed by atoms with E-state index in [1.54, 1.807) is 13.0 Å². The van der Waals surface area contributed by atoms with Gasteiger partial charge in [-0.2, -0.15) is 0 Å². The highest BCUT2D eigenvalue weighted by atomic mass is 32.2. The predicted molar refractivity (Wildman–Crippen MR) is 74.4 cm³/mol. The molecular weight excluding hydrogens is 266 g/mol. The van der Waals surface area contributed by atoms with Gasteiger partial charge >= 0.3 is 0 Å². The van der Waals surface area contributed by atoms with E-state index in [-0.39, 0.29) is 11.0 Å². The second kappa shape index (κ2) is 5.36. The van der Waals surface area contributed by atoms with Crippen molar-refractivity contribution in [1.29, 1.82) is 0 Å². The lowest BCUT2D eigenvalue weighted by atomic mass is 10.1. The van der Waals surface area contributed by atoms with Crippen molar-refractivity contribution in [3.63, 3.8) is 0 Å². The first-order valence-corrected chi connectivity index (χ1v) is 7.71. The molecule has 2 rings (SSSR count). The molecule has 1 atom stereocenters. The van der Waals surface area contributed by atoms with Gasteiger partial charge in [-0.05, 0) is 37.5 Å². The van der Waals surface area contributed by atoms with E-state index in [0.29, 0.717) is 23.5 Å². The van der Waals surface area contributed by atoms with E-state index in [1.807, 2.05) is 0 Å². The fourth-order valence-electron chi connectivity index (χ4n) is 2.22. The first kappa shape index (κ1) is 14.1. The molecule has 1 fully saturated rings. The highest BCUT2D eigenvalue weighted by Crippen LogP contribution is 2.26. The number of ether oxygens (including phenoxy) is 1. The van der Waals surface area contributed by atoms with Crippen LogP contribution in [0.15, 0.2) is 17.0 Å². The van der Waals surface area contributed by atoms with E-state index in [2.05, 4.69) is 5.32 Å². The topological polar surface area (TPSA) is 107 Å². The van der Waals surface area contributed by atoms with Crippen LogP contribution in [0.1, 0.15) is 18.4 Å². The molecule has 106 valence electrons. The summed E-state index contributed by atoms with van der Waals surface area (Å²) in [6.45, 7) is 3.12. The number of nitrogens with two attached hydrogens (primary N) is 2. The maximum Gasteiger partial charge on any atom is 0.238 e. The molecule has 1 saturated heterocycles. The molecule has 1 unspecified atom stereocenters. The van der Waals surface area contributed by atoms with E-state index < -0.39 is 10.0 Å². The van der Waals surface area contributed by atoms with Gasteiger partial charge in [0.15, 0.2) is 0 Å². The highest BCUT2D eigenvalue weighted by Gasteiger charge is 2.18. The zero-order valence-electron chi connectivity index (χ0n) is 10.8. The number of benzene rings is 1. The molecule has 1 aliphatic heterocycles. The van der Waals surface area contributed by atoms with Crippen molar-refractivity contribution >= 4 is 21.4 Å². The Morgan fingerprint density at radius 1 is 1.47 bits per heavy atom. The van der Waals surface area contributed by atoms with Crippen molar-refractivity contribution in [3.05, 3.63) is 17.7 Å². The Hall–Kier alpha value is -1.31. The third kappa shape index (κ3) is 3.37. The minimum atomic E-state index is -3.77. The van der Waals surface area contributed by atoms with Gasteiger partial charge in [0, 0.05) is 24.5 Å². The summed E-state index contributed by atoms with van der Waals surface area (Å²) in [7, 11) is -3.77. The van der Waals surface area contributed by atoms with Crippen LogP contribution in [0.4, 0.5) is 11.4 Å². The van der Waals surface area contributed by atoms with E-state index in [1.165, 1.54) is 6.07 Å². The molecule has 1 aliphatic rings. The summed E-state index contributed by atoms with van der Waals surface area (Å²) in [6.07, 6.45) is 2.24. The predicted octanol–water partition coefficient (Wildman–Crippen LogP) is 0.816. The molecule has 0 saturated carbocycles. The summed E-state index contributed by atoms with van der Waals surface area (Å²) < 4.78 is 28.5. The Morgan fingerprint density at radius 3 is 2.79 bits per heavy atom. The van der Waals surface area contributed by atoms with E-state index in [4.69, 9.17) is 15.6 Å². The van der Waals surface area contributed by atoms with Crippen LogP contribution in [0.2, 0.25) is 0 Å². The van der Waals surface area contributed by atoms with Gasteiger partial charge < -0.3 is 15.8 Å². The van der Waals surface area contributed by atoms with Crippen LogP contribution in [-0.4, -0.2) is 27.7 Å².